The van der Waals surface area contributed by atoms with Gasteiger partial charge in [0.05, 0.1) is 6.54 Å². The van der Waals surface area contributed by atoms with Crippen molar-refractivity contribution in [1.82, 2.24) is 14.3 Å². The summed E-state index contributed by atoms with van der Waals surface area (Å²) in [6, 6.07) is 7.91. The highest BCUT2D eigenvalue weighted by Gasteiger charge is 2.34. The lowest BCUT2D eigenvalue weighted by Crippen LogP contribution is -2.37. The van der Waals surface area contributed by atoms with Gasteiger partial charge < -0.3 is 4.90 Å². The summed E-state index contributed by atoms with van der Waals surface area (Å²) in [5.41, 5.74) is 1.35. The van der Waals surface area contributed by atoms with Gasteiger partial charge >= 0.3 is 0 Å². The molecule has 3 aromatic heterocycles. The van der Waals surface area contributed by atoms with E-state index in [2.05, 4.69) is 4.98 Å². The fraction of sp³-hybridized carbons (Fsp3) is 0.278. The fourth-order valence-electron chi connectivity index (χ4n) is 2.81. The Balaban J connectivity index is 1.73. The van der Waals surface area contributed by atoms with Gasteiger partial charge in [-0.15, -0.1) is 11.3 Å². The highest BCUT2D eigenvalue weighted by molar-refractivity contribution is 7.09. The van der Waals surface area contributed by atoms with E-state index in [0.717, 1.165) is 23.3 Å². The number of aromatic nitrogens is 2. The summed E-state index contributed by atoms with van der Waals surface area (Å²) < 4.78 is 1.46. The van der Waals surface area contributed by atoms with Gasteiger partial charge in [0.1, 0.15) is 11.2 Å². The molecule has 0 aromatic carbocycles. The molecule has 0 spiro atoms. The van der Waals surface area contributed by atoms with Crippen molar-refractivity contribution >= 4 is 22.9 Å². The van der Waals surface area contributed by atoms with Crippen LogP contribution in [-0.4, -0.2) is 26.2 Å². The number of thiophene rings is 1. The normalized spacial score (nSPS) is 14.0. The first-order chi connectivity index (χ1) is 11.6. The number of hydrogen-bond donors (Lipinski definition) is 0. The van der Waals surface area contributed by atoms with Crippen molar-refractivity contribution in [2.24, 2.45) is 0 Å². The van der Waals surface area contributed by atoms with Crippen LogP contribution in [0.3, 0.4) is 0 Å². The number of carbonyl (C=O) groups excluding carboxylic acids is 1. The summed E-state index contributed by atoms with van der Waals surface area (Å²) in [5, 5.41) is 2.00. The number of amides is 1. The Kier molecular flexibility index (Phi) is 3.69. The zero-order chi connectivity index (χ0) is 16.7. The zero-order valence-electron chi connectivity index (χ0n) is 13.3. The maximum Gasteiger partial charge on any atom is 0.270 e. The first-order valence-corrected chi connectivity index (χ1v) is 8.83. The molecule has 0 saturated heterocycles. The molecule has 0 atom stereocenters. The molecule has 3 aromatic rings. The fourth-order valence-corrected chi connectivity index (χ4v) is 3.51. The lowest BCUT2D eigenvalue weighted by atomic mass is 10.2. The lowest BCUT2D eigenvalue weighted by molar-refractivity contribution is 0.0729. The van der Waals surface area contributed by atoms with Crippen LogP contribution >= 0.6 is 11.3 Å². The molecule has 4 rings (SSSR count). The van der Waals surface area contributed by atoms with E-state index < -0.39 is 0 Å². The van der Waals surface area contributed by atoms with E-state index in [1.165, 1.54) is 10.6 Å². The Morgan fingerprint density at radius 1 is 1.38 bits per heavy atom. The van der Waals surface area contributed by atoms with Crippen LogP contribution in [0, 0.1) is 6.92 Å². The van der Waals surface area contributed by atoms with E-state index in [4.69, 9.17) is 0 Å². The minimum absolute atomic E-state index is 0.140. The Bertz CT molecular complexity index is 958. The van der Waals surface area contributed by atoms with Crippen LogP contribution in [0.25, 0.3) is 5.65 Å². The number of fused-ring (bicyclic) bond motifs is 1. The predicted molar refractivity (Wildman–Crippen MR) is 93.4 cm³/mol. The quantitative estimate of drug-likeness (QED) is 0.734. The van der Waals surface area contributed by atoms with Crippen LogP contribution in [0.5, 0.6) is 0 Å². The zero-order valence-corrected chi connectivity index (χ0v) is 14.1. The van der Waals surface area contributed by atoms with Crippen LogP contribution in [-0.2, 0) is 6.54 Å². The van der Waals surface area contributed by atoms with Crippen LogP contribution in [0.4, 0.5) is 0 Å². The summed E-state index contributed by atoms with van der Waals surface area (Å²) >= 11 is 1.62. The Hall–Kier alpha value is -2.47. The Morgan fingerprint density at radius 3 is 2.92 bits per heavy atom. The molecule has 1 fully saturated rings. The number of aryl methyl sites for hydroxylation is 1. The first kappa shape index (κ1) is 15.1. The van der Waals surface area contributed by atoms with Gasteiger partial charge in [-0.2, -0.15) is 0 Å². The third kappa shape index (κ3) is 2.73. The minimum Gasteiger partial charge on any atom is -0.330 e. The number of pyridine rings is 1. The second-order valence-electron chi connectivity index (χ2n) is 6.16. The van der Waals surface area contributed by atoms with Crippen molar-refractivity contribution in [2.75, 3.05) is 0 Å². The SMILES string of the molecule is Cc1ccc2ncc(C(=O)N(Cc3cccs3)C3CC3)c(=O)n2c1. The molecule has 5 nitrogen and oxygen atoms in total. The van der Waals surface area contributed by atoms with Crippen LogP contribution in [0.2, 0.25) is 0 Å². The standard InChI is InChI=1S/C18H17N3O2S/c1-12-4-7-16-19-9-15(18(23)21(16)10-12)17(22)20(13-5-6-13)11-14-3-2-8-24-14/h2-4,7-10,13H,5-6,11H2,1H3. The number of nitrogens with zero attached hydrogens (tertiary/aromatic N) is 3. The van der Waals surface area contributed by atoms with Crippen molar-refractivity contribution < 1.29 is 4.79 Å². The molecule has 3 heterocycles. The molecule has 1 aliphatic rings. The molecule has 0 unspecified atom stereocenters. The van der Waals surface area contributed by atoms with Crippen LogP contribution in [0.1, 0.15) is 33.6 Å². The molecule has 24 heavy (non-hydrogen) atoms. The molecule has 0 radical (unpaired) electrons. The van der Waals surface area contributed by atoms with Gasteiger partial charge in [0.25, 0.3) is 11.5 Å². The van der Waals surface area contributed by atoms with Gasteiger partial charge in [-0.1, -0.05) is 12.1 Å². The highest BCUT2D eigenvalue weighted by atomic mass is 32.1. The predicted octanol–water partition coefficient (Wildman–Crippen LogP) is 2.87. The lowest BCUT2D eigenvalue weighted by Gasteiger charge is -2.21. The van der Waals surface area contributed by atoms with E-state index in [0.29, 0.717) is 12.2 Å². The molecule has 6 heteroatoms. The second-order valence-corrected chi connectivity index (χ2v) is 7.19. The van der Waals surface area contributed by atoms with Crippen molar-refractivity contribution in [3.8, 4) is 0 Å². The van der Waals surface area contributed by atoms with Crippen molar-refractivity contribution in [3.05, 3.63) is 68.4 Å². The molecule has 0 bridgehead atoms. The molecule has 122 valence electrons. The smallest absolute Gasteiger partial charge is 0.270 e. The molecule has 1 aliphatic carbocycles. The first-order valence-electron chi connectivity index (χ1n) is 7.95. The molecular formula is C18H17N3O2S. The van der Waals surface area contributed by atoms with Gasteiger partial charge in [0, 0.05) is 23.3 Å². The van der Waals surface area contributed by atoms with Crippen LogP contribution < -0.4 is 5.56 Å². The number of carbonyl (C=O) groups is 1. The average Bonchev–Trinajstić information content (AvgIpc) is 3.29. The van der Waals surface area contributed by atoms with Crippen molar-refractivity contribution in [3.63, 3.8) is 0 Å². The largest absolute Gasteiger partial charge is 0.330 e. The molecule has 1 amide bonds. The van der Waals surface area contributed by atoms with Gasteiger partial charge in [0.15, 0.2) is 0 Å². The van der Waals surface area contributed by atoms with Gasteiger partial charge in [0.2, 0.25) is 0 Å². The highest BCUT2D eigenvalue weighted by Crippen LogP contribution is 2.30. The average molecular weight is 339 g/mol. The van der Waals surface area contributed by atoms with E-state index in [1.54, 1.807) is 23.6 Å². The third-order valence-corrected chi connectivity index (χ3v) is 5.10. The Labute approximate surface area is 143 Å². The molecule has 0 aliphatic heterocycles. The minimum atomic E-state index is -0.300. The van der Waals surface area contributed by atoms with E-state index >= 15 is 0 Å². The third-order valence-electron chi connectivity index (χ3n) is 4.24. The Morgan fingerprint density at radius 2 is 2.21 bits per heavy atom. The molecule has 1 saturated carbocycles. The maximum absolute atomic E-state index is 13.0. The summed E-state index contributed by atoms with van der Waals surface area (Å²) in [4.78, 5) is 32.9. The van der Waals surface area contributed by atoms with Gasteiger partial charge in [-0.25, -0.2) is 4.98 Å². The van der Waals surface area contributed by atoms with E-state index in [1.807, 2.05) is 35.4 Å². The second kappa shape index (κ2) is 5.87. The monoisotopic (exact) mass is 339 g/mol. The van der Waals surface area contributed by atoms with Crippen molar-refractivity contribution in [2.45, 2.75) is 32.4 Å². The van der Waals surface area contributed by atoms with Crippen molar-refractivity contribution in [1.29, 1.82) is 0 Å². The van der Waals surface area contributed by atoms with Crippen LogP contribution in [0.15, 0.2) is 46.8 Å². The van der Waals surface area contributed by atoms with E-state index in [9.17, 15) is 9.59 Å². The number of hydrogen-bond acceptors (Lipinski definition) is 4. The summed E-state index contributed by atoms with van der Waals surface area (Å²) in [6.07, 6.45) is 5.14. The topological polar surface area (TPSA) is 54.7 Å². The number of rotatable bonds is 4. The summed E-state index contributed by atoms with van der Waals surface area (Å²) in [7, 11) is 0. The van der Waals surface area contributed by atoms with Gasteiger partial charge in [-0.3, -0.25) is 14.0 Å². The summed E-state index contributed by atoms with van der Waals surface area (Å²) in [6.45, 7) is 2.46. The van der Waals surface area contributed by atoms with Gasteiger partial charge in [-0.05, 0) is 42.8 Å². The van der Waals surface area contributed by atoms with E-state index in [-0.39, 0.29) is 23.1 Å². The summed E-state index contributed by atoms with van der Waals surface area (Å²) in [5.74, 6) is -0.223. The molecular weight excluding hydrogens is 322 g/mol. The molecule has 0 N–H and O–H groups in total. The maximum atomic E-state index is 13.0.